The van der Waals surface area contributed by atoms with Gasteiger partial charge in [0.1, 0.15) is 11.8 Å². The highest BCUT2D eigenvalue weighted by Gasteiger charge is 2.28. The fourth-order valence-electron chi connectivity index (χ4n) is 3.45. The zero-order valence-corrected chi connectivity index (χ0v) is 18.0. The van der Waals surface area contributed by atoms with Crippen LogP contribution in [-0.2, 0) is 29.1 Å². The summed E-state index contributed by atoms with van der Waals surface area (Å²) in [5.74, 6) is 0.456. The van der Waals surface area contributed by atoms with Crippen molar-refractivity contribution in [2.24, 2.45) is 0 Å². The maximum absolute atomic E-state index is 13.3. The van der Waals surface area contributed by atoms with Gasteiger partial charge in [0.2, 0.25) is 11.8 Å². The Hall–Kier alpha value is -3.60. The largest absolute Gasteiger partial charge is 0.497 e. The molecule has 160 valence electrons. The van der Waals surface area contributed by atoms with Gasteiger partial charge in [0, 0.05) is 26.4 Å². The van der Waals surface area contributed by atoms with Crippen molar-refractivity contribution in [3.05, 3.63) is 102 Å². The molecule has 0 unspecified atom stereocenters. The molecule has 0 saturated heterocycles. The van der Waals surface area contributed by atoms with Gasteiger partial charge in [-0.2, -0.15) is 0 Å². The van der Waals surface area contributed by atoms with Crippen molar-refractivity contribution in [2.75, 3.05) is 7.11 Å². The standard InChI is InChI=1S/C26H28N2O3/c1-20(29)28(19-23-11-7-4-8-12-23)25(17-21-9-5-3-6-10-21)26(30)27-18-22-13-15-24(31-2)16-14-22/h3-16,25H,17-19H2,1-2H3,(H,27,30)/t25-/m1/s1. The molecular formula is C26H28N2O3. The van der Waals surface area contributed by atoms with E-state index in [0.717, 1.165) is 22.4 Å². The van der Waals surface area contributed by atoms with Crippen LogP contribution in [0.1, 0.15) is 23.6 Å². The second-order valence-corrected chi connectivity index (χ2v) is 7.40. The summed E-state index contributed by atoms with van der Waals surface area (Å²) in [6, 6.07) is 26.4. The first-order chi connectivity index (χ1) is 15.1. The number of hydrogen-bond donors (Lipinski definition) is 1. The summed E-state index contributed by atoms with van der Waals surface area (Å²) in [6.07, 6.45) is 0.446. The fourth-order valence-corrected chi connectivity index (χ4v) is 3.45. The van der Waals surface area contributed by atoms with E-state index < -0.39 is 6.04 Å². The van der Waals surface area contributed by atoms with E-state index >= 15 is 0 Å². The molecule has 0 aliphatic carbocycles. The minimum atomic E-state index is -0.613. The van der Waals surface area contributed by atoms with E-state index in [0.29, 0.717) is 19.5 Å². The molecule has 0 heterocycles. The van der Waals surface area contributed by atoms with Gasteiger partial charge in [0.25, 0.3) is 0 Å². The van der Waals surface area contributed by atoms with Crippen molar-refractivity contribution in [1.82, 2.24) is 10.2 Å². The van der Waals surface area contributed by atoms with Gasteiger partial charge >= 0.3 is 0 Å². The Balaban J connectivity index is 1.79. The molecule has 0 fully saturated rings. The topological polar surface area (TPSA) is 58.6 Å². The lowest BCUT2D eigenvalue weighted by Crippen LogP contribution is -2.49. The molecule has 0 aliphatic heterocycles. The summed E-state index contributed by atoms with van der Waals surface area (Å²) in [6.45, 7) is 2.27. The highest BCUT2D eigenvalue weighted by atomic mass is 16.5. The number of amides is 2. The predicted octanol–water partition coefficient (Wildman–Crippen LogP) is 3.97. The number of rotatable bonds is 9. The van der Waals surface area contributed by atoms with Crippen molar-refractivity contribution in [3.8, 4) is 5.75 Å². The molecule has 0 aromatic heterocycles. The number of methoxy groups -OCH3 is 1. The van der Waals surface area contributed by atoms with Crippen LogP contribution in [0.3, 0.4) is 0 Å². The number of nitrogens with one attached hydrogen (secondary N) is 1. The number of carbonyl (C=O) groups is 2. The molecule has 5 heteroatoms. The van der Waals surface area contributed by atoms with Crippen LogP contribution in [0.15, 0.2) is 84.9 Å². The quantitative estimate of drug-likeness (QED) is 0.574. The molecule has 0 saturated carbocycles. The van der Waals surface area contributed by atoms with E-state index in [1.165, 1.54) is 6.92 Å². The first-order valence-corrected chi connectivity index (χ1v) is 10.3. The molecule has 0 aliphatic rings. The van der Waals surface area contributed by atoms with Crippen LogP contribution in [0.5, 0.6) is 5.75 Å². The Morgan fingerprint density at radius 1 is 0.839 bits per heavy atom. The minimum absolute atomic E-state index is 0.135. The normalized spacial score (nSPS) is 11.4. The van der Waals surface area contributed by atoms with Crippen LogP contribution >= 0.6 is 0 Å². The van der Waals surface area contributed by atoms with Gasteiger partial charge in [-0.3, -0.25) is 9.59 Å². The van der Waals surface area contributed by atoms with Crippen molar-refractivity contribution < 1.29 is 14.3 Å². The third kappa shape index (κ3) is 6.44. The van der Waals surface area contributed by atoms with E-state index in [1.54, 1.807) is 12.0 Å². The smallest absolute Gasteiger partial charge is 0.243 e. The maximum Gasteiger partial charge on any atom is 0.243 e. The molecular weight excluding hydrogens is 388 g/mol. The van der Waals surface area contributed by atoms with Gasteiger partial charge in [0.15, 0.2) is 0 Å². The van der Waals surface area contributed by atoms with Crippen LogP contribution in [0.2, 0.25) is 0 Å². The van der Waals surface area contributed by atoms with Crippen LogP contribution in [0, 0.1) is 0 Å². The molecule has 31 heavy (non-hydrogen) atoms. The molecule has 3 aromatic carbocycles. The molecule has 2 amide bonds. The second-order valence-electron chi connectivity index (χ2n) is 7.40. The average Bonchev–Trinajstić information content (AvgIpc) is 2.81. The Morgan fingerprint density at radius 2 is 1.42 bits per heavy atom. The lowest BCUT2D eigenvalue weighted by atomic mass is 10.0. The van der Waals surface area contributed by atoms with Crippen LogP contribution in [-0.4, -0.2) is 29.9 Å². The molecule has 1 N–H and O–H groups in total. The number of nitrogens with zero attached hydrogens (tertiary/aromatic N) is 1. The summed E-state index contributed by atoms with van der Waals surface area (Å²) in [4.78, 5) is 27.5. The molecule has 0 spiro atoms. The minimum Gasteiger partial charge on any atom is -0.497 e. The van der Waals surface area contributed by atoms with E-state index in [2.05, 4.69) is 5.32 Å². The number of ether oxygens (including phenoxy) is 1. The third-order valence-corrected chi connectivity index (χ3v) is 5.18. The zero-order valence-electron chi connectivity index (χ0n) is 18.0. The Bertz CT molecular complexity index is 973. The number of benzene rings is 3. The first kappa shape index (κ1) is 22.1. The van der Waals surface area contributed by atoms with Gasteiger partial charge in [-0.25, -0.2) is 0 Å². The Labute approximate surface area is 183 Å². The summed E-state index contributed by atoms with van der Waals surface area (Å²) in [7, 11) is 1.62. The molecule has 0 bridgehead atoms. The second kappa shape index (κ2) is 11.0. The molecule has 3 aromatic rings. The van der Waals surface area contributed by atoms with Gasteiger partial charge in [-0.05, 0) is 28.8 Å². The van der Waals surface area contributed by atoms with E-state index in [9.17, 15) is 9.59 Å². The van der Waals surface area contributed by atoms with E-state index in [1.807, 2.05) is 84.9 Å². The van der Waals surface area contributed by atoms with Crippen LogP contribution < -0.4 is 10.1 Å². The van der Waals surface area contributed by atoms with Crippen molar-refractivity contribution >= 4 is 11.8 Å². The van der Waals surface area contributed by atoms with E-state index in [-0.39, 0.29) is 11.8 Å². The van der Waals surface area contributed by atoms with Gasteiger partial charge in [-0.1, -0.05) is 72.8 Å². The maximum atomic E-state index is 13.3. The van der Waals surface area contributed by atoms with Crippen LogP contribution in [0.25, 0.3) is 0 Å². The SMILES string of the molecule is COc1ccc(CNC(=O)[C@@H](Cc2ccccc2)N(Cc2ccccc2)C(C)=O)cc1. The van der Waals surface area contributed by atoms with Crippen molar-refractivity contribution in [1.29, 1.82) is 0 Å². The number of carbonyl (C=O) groups excluding carboxylic acids is 2. The van der Waals surface area contributed by atoms with E-state index in [4.69, 9.17) is 4.74 Å². The van der Waals surface area contributed by atoms with Gasteiger partial charge < -0.3 is 15.0 Å². The van der Waals surface area contributed by atoms with Crippen LogP contribution in [0.4, 0.5) is 0 Å². The van der Waals surface area contributed by atoms with Crippen molar-refractivity contribution in [3.63, 3.8) is 0 Å². The fraction of sp³-hybridized carbons (Fsp3) is 0.231. The summed E-state index contributed by atoms with van der Waals surface area (Å²) >= 11 is 0. The average molecular weight is 417 g/mol. The van der Waals surface area contributed by atoms with Crippen molar-refractivity contribution in [2.45, 2.75) is 32.5 Å². The third-order valence-electron chi connectivity index (χ3n) is 5.18. The summed E-state index contributed by atoms with van der Waals surface area (Å²) < 4.78 is 5.18. The van der Waals surface area contributed by atoms with Gasteiger partial charge in [-0.15, -0.1) is 0 Å². The number of hydrogen-bond acceptors (Lipinski definition) is 3. The lowest BCUT2D eigenvalue weighted by molar-refractivity contribution is -0.139. The summed E-state index contributed by atoms with van der Waals surface area (Å²) in [5, 5.41) is 3.00. The molecule has 5 nitrogen and oxygen atoms in total. The Morgan fingerprint density at radius 3 is 1.97 bits per heavy atom. The predicted molar refractivity (Wildman–Crippen MR) is 121 cm³/mol. The van der Waals surface area contributed by atoms with Gasteiger partial charge in [0.05, 0.1) is 7.11 Å². The molecule has 1 atom stereocenters. The highest BCUT2D eigenvalue weighted by Crippen LogP contribution is 2.15. The monoisotopic (exact) mass is 416 g/mol. The Kier molecular flexibility index (Phi) is 7.82. The lowest BCUT2D eigenvalue weighted by Gasteiger charge is -2.30. The summed E-state index contributed by atoms with van der Waals surface area (Å²) in [5.41, 5.74) is 2.95. The molecule has 0 radical (unpaired) electrons. The first-order valence-electron chi connectivity index (χ1n) is 10.3. The highest BCUT2D eigenvalue weighted by molar-refractivity contribution is 5.87. The molecule has 3 rings (SSSR count). The zero-order chi connectivity index (χ0) is 22.1.